The highest BCUT2D eigenvalue weighted by atomic mass is 17.2. The minimum absolute atomic E-state index is 0.137. The van der Waals surface area contributed by atoms with Gasteiger partial charge in [0.25, 0.3) is 12.9 Å². The Labute approximate surface area is 226 Å². The number of carbonyl (C=O) groups excluding carboxylic acids is 6. The molecule has 0 saturated carbocycles. The lowest BCUT2D eigenvalue weighted by Gasteiger charge is -2.08. The Bertz CT molecular complexity index is 1270. The summed E-state index contributed by atoms with van der Waals surface area (Å²) in [5.41, 5.74) is 0.441. The van der Waals surface area contributed by atoms with E-state index in [1.807, 2.05) is 0 Å². The quantitative estimate of drug-likeness (QED) is 0.165. The predicted octanol–water partition coefficient (Wildman–Crippen LogP) is 2.33. The van der Waals surface area contributed by atoms with Crippen LogP contribution in [0.2, 0.25) is 0 Å². The number of carbonyl (C=O) groups is 6. The van der Waals surface area contributed by atoms with Crippen LogP contribution in [0.1, 0.15) is 0 Å². The van der Waals surface area contributed by atoms with E-state index in [1.54, 1.807) is 0 Å². The number of hydrogen-bond donors (Lipinski definition) is 0. The maximum atomic E-state index is 11.4. The second kappa shape index (κ2) is 15.1. The molecule has 2 aliphatic carbocycles. The SMILES string of the molecule is O=COc1ccc(OOCC2=CC(=O)C=CC2=O)cc1.O=COc1ccc(OOCC2=CC(=O)C=CC2=O)cc1. The molecule has 0 fully saturated rings. The smallest absolute Gasteiger partial charge is 0.298 e. The summed E-state index contributed by atoms with van der Waals surface area (Å²) < 4.78 is 9.22. The largest absolute Gasteiger partial charge is 0.429 e. The van der Waals surface area contributed by atoms with Gasteiger partial charge in [-0.15, -0.1) is 0 Å². The molecule has 0 atom stereocenters. The zero-order chi connectivity index (χ0) is 28.7. The highest BCUT2D eigenvalue weighted by molar-refractivity contribution is 6.18. The molecule has 0 saturated heterocycles. The zero-order valence-corrected chi connectivity index (χ0v) is 20.6. The number of ketones is 4. The van der Waals surface area contributed by atoms with Crippen LogP contribution in [0.15, 0.2) is 96.1 Å². The average molecular weight is 548 g/mol. The van der Waals surface area contributed by atoms with E-state index in [-0.39, 0.29) is 47.5 Å². The molecule has 204 valence electrons. The summed E-state index contributed by atoms with van der Waals surface area (Å²) in [5.74, 6) is 0.368. The highest BCUT2D eigenvalue weighted by Crippen LogP contribution is 2.19. The van der Waals surface area contributed by atoms with Gasteiger partial charge in [0.05, 0.1) is 0 Å². The maximum Gasteiger partial charge on any atom is 0.298 e. The maximum absolute atomic E-state index is 11.4. The molecule has 0 heterocycles. The van der Waals surface area contributed by atoms with E-state index in [0.717, 1.165) is 0 Å². The van der Waals surface area contributed by atoms with Crippen LogP contribution in [0.4, 0.5) is 0 Å². The van der Waals surface area contributed by atoms with Crippen LogP contribution in [0.3, 0.4) is 0 Å². The van der Waals surface area contributed by atoms with Gasteiger partial charge in [-0.2, -0.15) is 9.78 Å². The number of rotatable bonds is 12. The molecule has 40 heavy (non-hydrogen) atoms. The van der Waals surface area contributed by atoms with Crippen molar-refractivity contribution in [1.29, 1.82) is 0 Å². The third-order valence-electron chi connectivity index (χ3n) is 4.82. The van der Waals surface area contributed by atoms with Gasteiger partial charge < -0.3 is 19.2 Å². The van der Waals surface area contributed by atoms with Gasteiger partial charge in [-0.3, -0.25) is 28.8 Å². The van der Waals surface area contributed by atoms with Gasteiger partial charge in [0, 0.05) is 11.1 Å². The first-order chi connectivity index (χ1) is 19.4. The number of ether oxygens (including phenoxy) is 2. The Morgan fingerprint density at radius 1 is 0.500 bits per heavy atom. The molecule has 0 bridgehead atoms. The van der Waals surface area contributed by atoms with Gasteiger partial charge in [-0.05, 0) is 85.0 Å². The summed E-state index contributed by atoms with van der Waals surface area (Å²) in [6, 6.07) is 12.2. The summed E-state index contributed by atoms with van der Waals surface area (Å²) in [7, 11) is 0. The first-order valence-electron chi connectivity index (χ1n) is 11.3. The molecule has 0 N–H and O–H groups in total. The number of benzene rings is 2. The Balaban J connectivity index is 0.000000220. The summed E-state index contributed by atoms with van der Waals surface area (Å²) in [6.07, 6.45) is 7.16. The number of hydrogen-bond acceptors (Lipinski definition) is 12. The van der Waals surface area contributed by atoms with Crippen molar-refractivity contribution in [2.75, 3.05) is 13.2 Å². The minimum Gasteiger partial charge on any atom is -0.429 e. The van der Waals surface area contributed by atoms with Crippen LogP contribution in [-0.2, 0) is 38.5 Å². The first kappa shape index (κ1) is 29.1. The lowest BCUT2D eigenvalue weighted by molar-refractivity contribution is -0.198. The minimum atomic E-state index is -0.289. The van der Waals surface area contributed by atoms with Crippen LogP contribution < -0.4 is 19.2 Å². The van der Waals surface area contributed by atoms with Gasteiger partial charge >= 0.3 is 0 Å². The fourth-order valence-electron chi connectivity index (χ4n) is 2.92. The van der Waals surface area contributed by atoms with Crippen molar-refractivity contribution in [1.82, 2.24) is 0 Å². The lowest BCUT2D eigenvalue weighted by Crippen LogP contribution is -2.13. The van der Waals surface area contributed by atoms with Gasteiger partial charge in [-0.1, -0.05) is 0 Å². The molecule has 0 unspecified atom stereocenters. The summed E-state index contributed by atoms with van der Waals surface area (Å²) in [4.78, 5) is 84.9. The Kier molecular flexibility index (Phi) is 11.0. The van der Waals surface area contributed by atoms with E-state index in [0.29, 0.717) is 35.9 Å². The van der Waals surface area contributed by atoms with Crippen molar-refractivity contribution in [3.63, 3.8) is 0 Å². The monoisotopic (exact) mass is 548 g/mol. The van der Waals surface area contributed by atoms with E-state index >= 15 is 0 Å². The molecule has 2 aromatic carbocycles. The Morgan fingerprint density at radius 3 is 1.20 bits per heavy atom. The van der Waals surface area contributed by atoms with Crippen LogP contribution in [0.25, 0.3) is 0 Å². The summed E-state index contributed by atoms with van der Waals surface area (Å²) >= 11 is 0. The summed E-state index contributed by atoms with van der Waals surface area (Å²) in [5, 5.41) is 0. The van der Waals surface area contributed by atoms with Crippen molar-refractivity contribution < 1.29 is 57.8 Å². The van der Waals surface area contributed by atoms with Gasteiger partial charge in [-0.25, -0.2) is 0 Å². The Morgan fingerprint density at radius 2 is 0.850 bits per heavy atom. The van der Waals surface area contributed by atoms with Crippen molar-refractivity contribution in [3.8, 4) is 23.0 Å². The van der Waals surface area contributed by atoms with Crippen molar-refractivity contribution in [2.45, 2.75) is 0 Å². The zero-order valence-electron chi connectivity index (χ0n) is 20.6. The molecular weight excluding hydrogens is 528 g/mol. The number of allylic oxidation sites excluding steroid dienone is 6. The third-order valence-corrected chi connectivity index (χ3v) is 4.82. The fourth-order valence-corrected chi connectivity index (χ4v) is 2.92. The molecule has 12 heteroatoms. The van der Waals surface area contributed by atoms with E-state index in [2.05, 4.69) is 9.47 Å². The molecule has 4 rings (SSSR count). The molecule has 0 spiro atoms. The third kappa shape index (κ3) is 9.45. The van der Waals surface area contributed by atoms with Gasteiger partial charge in [0.1, 0.15) is 24.7 Å². The standard InChI is InChI=1S/2C14H10O6/c2*15-9-18-12-2-4-13(5-3-12)20-19-8-10-7-11(16)1-6-14(10)17/h2*1-7,9H,8H2. The summed E-state index contributed by atoms with van der Waals surface area (Å²) in [6.45, 7) is 0.360. The molecule has 0 amide bonds. The molecule has 12 nitrogen and oxygen atoms in total. The second-order valence-corrected chi connectivity index (χ2v) is 7.60. The van der Waals surface area contributed by atoms with Crippen LogP contribution in [0, 0.1) is 0 Å². The first-order valence-corrected chi connectivity index (χ1v) is 11.3. The molecule has 2 aliphatic rings. The molecule has 0 aromatic heterocycles. The molecular formula is C28H20O12. The van der Waals surface area contributed by atoms with Crippen LogP contribution >= 0.6 is 0 Å². The van der Waals surface area contributed by atoms with Gasteiger partial charge in [0.15, 0.2) is 34.6 Å². The molecule has 0 aliphatic heterocycles. The van der Waals surface area contributed by atoms with Gasteiger partial charge in [0.2, 0.25) is 0 Å². The average Bonchev–Trinajstić information content (AvgIpc) is 2.95. The topological polar surface area (TPSA) is 158 Å². The lowest BCUT2D eigenvalue weighted by atomic mass is 10.1. The van der Waals surface area contributed by atoms with Crippen molar-refractivity contribution >= 4 is 36.1 Å². The van der Waals surface area contributed by atoms with Crippen molar-refractivity contribution in [3.05, 3.63) is 96.1 Å². The van der Waals surface area contributed by atoms with E-state index in [9.17, 15) is 28.8 Å². The van der Waals surface area contributed by atoms with Crippen molar-refractivity contribution in [2.24, 2.45) is 0 Å². The fraction of sp³-hybridized carbons (Fsp3) is 0.0714. The van der Waals surface area contributed by atoms with E-state index in [4.69, 9.17) is 19.6 Å². The molecule has 0 radical (unpaired) electrons. The normalized spacial score (nSPS) is 13.9. The van der Waals surface area contributed by atoms with E-state index in [1.165, 1.54) is 85.0 Å². The second-order valence-electron chi connectivity index (χ2n) is 7.60. The van der Waals surface area contributed by atoms with E-state index < -0.39 is 0 Å². The van der Waals surface area contributed by atoms with Crippen LogP contribution in [-0.4, -0.2) is 49.3 Å². The highest BCUT2D eigenvalue weighted by Gasteiger charge is 2.15. The molecule has 2 aromatic rings. The predicted molar refractivity (Wildman–Crippen MR) is 134 cm³/mol. The Hall–Kier alpha value is -5.46. The van der Waals surface area contributed by atoms with Crippen LogP contribution in [0.5, 0.6) is 23.0 Å².